The van der Waals surface area contributed by atoms with Gasteiger partial charge in [-0.3, -0.25) is 14.4 Å². The van der Waals surface area contributed by atoms with E-state index in [9.17, 15) is 14.4 Å². The molecule has 104 valence electrons. The van der Waals surface area contributed by atoms with E-state index in [1.54, 1.807) is 0 Å². The van der Waals surface area contributed by atoms with Crippen molar-refractivity contribution in [2.45, 2.75) is 19.3 Å². The minimum Gasteiger partial charge on any atom is -0.481 e. The molecule has 0 aliphatic rings. The molecule has 1 aromatic carbocycles. The first-order valence-corrected chi connectivity index (χ1v) is 5.50. The van der Waals surface area contributed by atoms with Crippen molar-refractivity contribution < 1.29 is 29.3 Å². The quantitative estimate of drug-likeness (QED) is 0.781. The van der Waals surface area contributed by atoms with Crippen molar-refractivity contribution in [1.82, 2.24) is 0 Å². The van der Waals surface area contributed by atoms with Gasteiger partial charge in [0.25, 0.3) is 0 Å². The maximum Gasteiger partial charge on any atom is 0.309 e. The van der Waals surface area contributed by atoms with Crippen molar-refractivity contribution in [1.29, 1.82) is 0 Å². The monoisotopic (exact) mass is 268 g/mol. The summed E-state index contributed by atoms with van der Waals surface area (Å²) in [5.41, 5.74) is 0.986. The van der Waals surface area contributed by atoms with E-state index in [1.807, 2.05) is 30.3 Å². The molecule has 0 aliphatic heterocycles. The van der Waals surface area contributed by atoms with E-state index in [2.05, 4.69) is 4.74 Å². The molecule has 0 saturated heterocycles. The summed E-state index contributed by atoms with van der Waals surface area (Å²) in [4.78, 5) is 30.0. The van der Waals surface area contributed by atoms with Gasteiger partial charge in [-0.1, -0.05) is 30.3 Å². The summed E-state index contributed by atoms with van der Waals surface area (Å²) in [6.07, 6.45) is -0.234. The number of carbonyl (C=O) groups excluding carboxylic acids is 1. The lowest BCUT2D eigenvalue weighted by atomic mass is 10.2. The lowest BCUT2D eigenvalue weighted by molar-refractivity contribution is -0.143. The Morgan fingerprint density at radius 2 is 1.47 bits per heavy atom. The highest BCUT2D eigenvalue weighted by molar-refractivity contribution is 5.75. The van der Waals surface area contributed by atoms with Gasteiger partial charge in [-0.05, 0) is 5.56 Å². The van der Waals surface area contributed by atoms with E-state index in [0.29, 0.717) is 6.42 Å². The molecule has 0 radical (unpaired) electrons. The second kappa shape index (κ2) is 9.64. The Bertz CT molecular complexity index is 398. The standard InChI is InChI=1S/C9H10O2.C4H6O4/c1-11-9(10)7-8-5-3-2-4-6-8;5-3(6)1-2-4(7)8/h2-6H,7H2,1H3;1-2H2,(H,5,6)(H,7,8). The molecule has 0 unspecified atom stereocenters. The zero-order valence-electron chi connectivity index (χ0n) is 10.5. The van der Waals surface area contributed by atoms with Crippen molar-refractivity contribution in [3.05, 3.63) is 35.9 Å². The van der Waals surface area contributed by atoms with Gasteiger partial charge in [0.2, 0.25) is 0 Å². The summed E-state index contributed by atoms with van der Waals surface area (Å²) < 4.78 is 4.52. The van der Waals surface area contributed by atoms with Crippen LogP contribution in [0.1, 0.15) is 18.4 Å². The summed E-state index contributed by atoms with van der Waals surface area (Å²) in [6, 6.07) is 9.52. The Labute approximate surface area is 110 Å². The molecule has 6 nitrogen and oxygen atoms in total. The molecule has 0 fully saturated rings. The number of aliphatic carboxylic acids is 2. The van der Waals surface area contributed by atoms with Gasteiger partial charge in [0, 0.05) is 0 Å². The van der Waals surface area contributed by atoms with Gasteiger partial charge >= 0.3 is 17.9 Å². The van der Waals surface area contributed by atoms with Crippen LogP contribution in [0.5, 0.6) is 0 Å². The third-order valence-electron chi connectivity index (χ3n) is 1.97. The summed E-state index contributed by atoms with van der Waals surface area (Å²) >= 11 is 0. The first-order chi connectivity index (χ1) is 8.95. The van der Waals surface area contributed by atoms with Crippen LogP contribution in [0, 0.1) is 0 Å². The van der Waals surface area contributed by atoms with Gasteiger partial charge in [0.15, 0.2) is 0 Å². The van der Waals surface area contributed by atoms with Gasteiger partial charge in [0.1, 0.15) is 0 Å². The molecule has 0 aliphatic carbocycles. The molecule has 0 heterocycles. The number of methoxy groups -OCH3 is 1. The van der Waals surface area contributed by atoms with Crippen molar-refractivity contribution in [2.24, 2.45) is 0 Å². The highest BCUT2D eigenvalue weighted by Crippen LogP contribution is 1.99. The van der Waals surface area contributed by atoms with Crippen LogP contribution in [0.2, 0.25) is 0 Å². The average molecular weight is 268 g/mol. The predicted octanol–water partition coefficient (Wildman–Crippen LogP) is 1.34. The van der Waals surface area contributed by atoms with E-state index in [0.717, 1.165) is 5.56 Å². The summed E-state index contributed by atoms with van der Waals surface area (Å²) in [5, 5.41) is 15.8. The maximum atomic E-state index is 10.8. The molecular weight excluding hydrogens is 252 g/mol. The third-order valence-corrected chi connectivity index (χ3v) is 1.97. The molecule has 2 N–H and O–H groups in total. The molecule has 0 spiro atoms. The third kappa shape index (κ3) is 10.5. The average Bonchev–Trinajstić information content (AvgIpc) is 2.38. The van der Waals surface area contributed by atoms with Crippen molar-refractivity contribution in [3.63, 3.8) is 0 Å². The molecular formula is C13H16O6. The van der Waals surface area contributed by atoms with Crippen LogP contribution in [0.3, 0.4) is 0 Å². The summed E-state index contributed by atoms with van der Waals surface area (Å²) in [7, 11) is 1.39. The second-order valence-corrected chi connectivity index (χ2v) is 3.53. The molecule has 0 amide bonds. The second-order valence-electron chi connectivity index (χ2n) is 3.53. The highest BCUT2D eigenvalue weighted by Gasteiger charge is 2.00. The van der Waals surface area contributed by atoms with Crippen LogP contribution in [0.25, 0.3) is 0 Å². The van der Waals surface area contributed by atoms with Gasteiger partial charge in [-0.25, -0.2) is 0 Å². The van der Waals surface area contributed by atoms with Crippen LogP contribution in [0.4, 0.5) is 0 Å². The Kier molecular flexibility index (Phi) is 8.44. The van der Waals surface area contributed by atoms with E-state index in [1.165, 1.54) is 7.11 Å². The molecule has 1 rings (SSSR count). The minimum atomic E-state index is -1.08. The minimum absolute atomic E-state index is 0.198. The van der Waals surface area contributed by atoms with Crippen LogP contribution in [-0.4, -0.2) is 35.2 Å². The van der Waals surface area contributed by atoms with Crippen LogP contribution in [0.15, 0.2) is 30.3 Å². The van der Waals surface area contributed by atoms with Crippen molar-refractivity contribution in [3.8, 4) is 0 Å². The van der Waals surface area contributed by atoms with E-state index < -0.39 is 11.9 Å². The smallest absolute Gasteiger partial charge is 0.309 e. The first-order valence-electron chi connectivity index (χ1n) is 5.50. The van der Waals surface area contributed by atoms with Gasteiger partial charge in [-0.15, -0.1) is 0 Å². The first kappa shape index (κ1) is 16.6. The molecule has 1 aromatic rings. The van der Waals surface area contributed by atoms with Gasteiger partial charge in [0.05, 0.1) is 26.4 Å². The fourth-order valence-corrected chi connectivity index (χ4v) is 1.05. The molecule has 0 bridgehead atoms. The van der Waals surface area contributed by atoms with Crippen molar-refractivity contribution >= 4 is 17.9 Å². The highest BCUT2D eigenvalue weighted by atomic mass is 16.5. The summed E-state index contributed by atoms with van der Waals surface area (Å²) in [5.74, 6) is -2.35. The van der Waals surface area contributed by atoms with E-state index >= 15 is 0 Å². The molecule has 19 heavy (non-hydrogen) atoms. The van der Waals surface area contributed by atoms with Crippen LogP contribution in [-0.2, 0) is 25.5 Å². The Hall–Kier alpha value is -2.37. The molecule has 0 saturated carbocycles. The summed E-state index contributed by atoms with van der Waals surface area (Å²) in [6.45, 7) is 0. The number of hydrogen-bond acceptors (Lipinski definition) is 4. The number of carbonyl (C=O) groups is 3. The zero-order chi connectivity index (χ0) is 14.7. The normalized spacial score (nSPS) is 8.89. The maximum absolute atomic E-state index is 10.8. The molecule has 0 aromatic heterocycles. The van der Waals surface area contributed by atoms with Crippen molar-refractivity contribution in [2.75, 3.05) is 7.11 Å². The fraction of sp³-hybridized carbons (Fsp3) is 0.308. The predicted molar refractivity (Wildman–Crippen MR) is 66.7 cm³/mol. The largest absolute Gasteiger partial charge is 0.481 e. The topological polar surface area (TPSA) is 101 Å². The van der Waals surface area contributed by atoms with E-state index in [-0.39, 0.29) is 18.8 Å². The van der Waals surface area contributed by atoms with Crippen LogP contribution >= 0.6 is 0 Å². The number of carboxylic acids is 2. The van der Waals surface area contributed by atoms with E-state index in [4.69, 9.17) is 10.2 Å². The number of carboxylic acid groups (broad SMARTS) is 2. The Morgan fingerprint density at radius 3 is 1.84 bits per heavy atom. The van der Waals surface area contributed by atoms with Gasteiger partial charge in [-0.2, -0.15) is 0 Å². The number of ether oxygens (including phenoxy) is 1. The Balaban J connectivity index is 0.000000362. The number of esters is 1. The molecule has 0 atom stereocenters. The lowest BCUT2D eigenvalue weighted by Crippen LogP contribution is -2.03. The Morgan fingerprint density at radius 1 is 1.00 bits per heavy atom. The number of benzene rings is 1. The molecule has 6 heteroatoms. The van der Waals surface area contributed by atoms with Gasteiger partial charge < -0.3 is 14.9 Å². The lowest BCUT2D eigenvalue weighted by Gasteiger charge is -1.97. The van der Waals surface area contributed by atoms with Crippen LogP contribution < -0.4 is 0 Å². The number of rotatable bonds is 5. The zero-order valence-corrected chi connectivity index (χ0v) is 10.5. The fourth-order valence-electron chi connectivity index (χ4n) is 1.05. The number of hydrogen-bond donors (Lipinski definition) is 2. The SMILES string of the molecule is COC(=O)Cc1ccccc1.O=C(O)CCC(=O)O.